The largest absolute Gasteiger partial charge is 0.508 e. The minimum Gasteiger partial charge on any atom is -0.508 e. The van der Waals surface area contributed by atoms with Gasteiger partial charge in [0.05, 0.1) is 12.3 Å². The summed E-state index contributed by atoms with van der Waals surface area (Å²) in [4.78, 5) is 12.4. The first-order valence-electron chi connectivity index (χ1n) is 8.38. The zero-order valence-corrected chi connectivity index (χ0v) is 14.3. The fraction of sp³-hybridized carbons (Fsp3) is 0.222. The predicted octanol–water partition coefficient (Wildman–Crippen LogP) is 4.09. The standard InChI is InChI=1S/C18H15F3N4O3/c19-18(20,21)15-8-12(14-2-1-7-28-14)23-16-9-13(24-25(15)16)17(27)22-10-3-5-11(26)6-4-10/h1-7,9,12,15,23,26H,8H2,(H,22,27)/t12-,15-/m0/s1. The van der Waals surface area contributed by atoms with Gasteiger partial charge in [0.25, 0.3) is 5.91 Å². The molecule has 3 heterocycles. The Kier molecular flexibility index (Phi) is 4.25. The highest BCUT2D eigenvalue weighted by molar-refractivity contribution is 6.03. The number of amides is 1. The molecular weight excluding hydrogens is 377 g/mol. The van der Waals surface area contributed by atoms with Crippen molar-refractivity contribution in [2.24, 2.45) is 0 Å². The monoisotopic (exact) mass is 392 g/mol. The third-order valence-corrected chi connectivity index (χ3v) is 4.43. The van der Waals surface area contributed by atoms with Crippen LogP contribution in [0.4, 0.5) is 24.7 Å². The molecule has 0 saturated carbocycles. The minimum atomic E-state index is -4.54. The molecule has 0 saturated heterocycles. The maximum absolute atomic E-state index is 13.6. The molecule has 1 aromatic carbocycles. The molecule has 2 aromatic heterocycles. The quantitative estimate of drug-likeness (QED) is 0.584. The Balaban J connectivity index is 1.63. The van der Waals surface area contributed by atoms with Crippen LogP contribution in [-0.4, -0.2) is 27.0 Å². The number of phenolic OH excluding ortho intramolecular Hbond substituents is 1. The van der Waals surface area contributed by atoms with Gasteiger partial charge < -0.3 is 20.2 Å². The van der Waals surface area contributed by atoms with Gasteiger partial charge in [-0.25, -0.2) is 4.68 Å². The molecule has 0 aliphatic carbocycles. The number of halogens is 3. The van der Waals surface area contributed by atoms with Gasteiger partial charge in [-0.3, -0.25) is 4.79 Å². The van der Waals surface area contributed by atoms with Crippen LogP contribution in [0.3, 0.4) is 0 Å². The number of carbonyl (C=O) groups is 1. The molecule has 0 spiro atoms. The van der Waals surface area contributed by atoms with E-state index in [0.29, 0.717) is 11.4 Å². The third-order valence-electron chi connectivity index (χ3n) is 4.43. The van der Waals surface area contributed by atoms with Gasteiger partial charge >= 0.3 is 6.18 Å². The summed E-state index contributed by atoms with van der Waals surface area (Å²) in [5, 5.41) is 18.6. The SMILES string of the molecule is O=C(Nc1ccc(O)cc1)c1cc2n(n1)[C@H](C(F)(F)F)C[C@@H](c1ccco1)N2. The van der Waals surface area contributed by atoms with Crippen molar-refractivity contribution in [3.8, 4) is 5.75 Å². The first-order chi connectivity index (χ1) is 13.3. The maximum Gasteiger partial charge on any atom is 0.410 e. The number of hydrogen-bond acceptors (Lipinski definition) is 5. The molecule has 146 valence electrons. The molecule has 10 heteroatoms. The smallest absolute Gasteiger partial charge is 0.410 e. The highest BCUT2D eigenvalue weighted by atomic mass is 19.4. The second-order valence-corrected chi connectivity index (χ2v) is 6.37. The first kappa shape index (κ1) is 18.0. The zero-order valence-electron chi connectivity index (χ0n) is 14.3. The molecule has 4 rings (SSSR count). The summed E-state index contributed by atoms with van der Waals surface area (Å²) < 4.78 is 46.8. The number of aromatic hydroxyl groups is 1. The summed E-state index contributed by atoms with van der Waals surface area (Å²) in [6.45, 7) is 0. The molecule has 3 N–H and O–H groups in total. The molecule has 1 aliphatic heterocycles. The number of nitrogens with one attached hydrogen (secondary N) is 2. The summed E-state index contributed by atoms with van der Waals surface area (Å²) in [6.07, 6.45) is -3.47. The Hall–Kier alpha value is -3.43. The van der Waals surface area contributed by atoms with E-state index in [-0.39, 0.29) is 23.7 Å². The van der Waals surface area contributed by atoms with Gasteiger partial charge in [-0.1, -0.05) is 0 Å². The van der Waals surface area contributed by atoms with E-state index >= 15 is 0 Å². The molecule has 0 fully saturated rings. The van der Waals surface area contributed by atoms with Crippen molar-refractivity contribution in [2.75, 3.05) is 10.6 Å². The van der Waals surface area contributed by atoms with Gasteiger partial charge in [0.15, 0.2) is 11.7 Å². The Bertz CT molecular complexity index is 981. The molecule has 1 aliphatic rings. The number of aromatic nitrogens is 2. The number of carbonyl (C=O) groups excluding carboxylic acids is 1. The summed E-state index contributed by atoms with van der Waals surface area (Å²) in [6, 6.07) is 7.56. The van der Waals surface area contributed by atoms with Crippen molar-refractivity contribution in [3.63, 3.8) is 0 Å². The van der Waals surface area contributed by atoms with Crippen LogP contribution in [0.1, 0.15) is 34.8 Å². The van der Waals surface area contributed by atoms with Crippen LogP contribution in [0, 0.1) is 0 Å². The highest BCUT2D eigenvalue weighted by Gasteiger charge is 2.47. The highest BCUT2D eigenvalue weighted by Crippen LogP contribution is 2.43. The lowest BCUT2D eigenvalue weighted by molar-refractivity contribution is -0.174. The van der Waals surface area contributed by atoms with Gasteiger partial charge in [0, 0.05) is 18.2 Å². The number of phenols is 1. The normalized spacial score (nSPS) is 19.0. The maximum atomic E-state index is 13.6. The zero-order chi connectivity index (χ0) is 19.9. The van der Waals surface area contributed by atoms with Crippen molar-refractivity contribution in [3.05, 3.63) is 60.2 Å². The fourth-order valence-electron chi connectivity index (χ4n) is 3.10. The van der Waals surface area contributed by atoms with Gasteiger partial charge in [0.1, 0.15) is 17.3 Å². The van der Waals surface area contributed by atoms with Crippen molar-refractivity contribution in [1.29, 1.82) is 0 Å². The van der Waals surface area contributed by atoms with Gasteiger partial charge in [-0.15, -0.1) is 0 Å². The van der Waals surface area contributed by atoms with Gasteiger partial charge in [0.2, 0.25) is 0 Å². The average molecular weight is 392 g/mol. The Morgan fingerprint density at radius 2 is 2.04 bits per heavy atom. The van der Waals surface area contributed by atoms with E-state index in [1.807, 2.05) is 0 Å². The number of rotatable bonds is 3. The molecule has 28 heavy (non-hydrogen) atoms. The summed E-state index contributed by atoms with van der Waals surface area (Å²) in [5.74, 6) is -0.191. The molecule has 7 nitrogen and oxygen atoms in total. The number of alkyl halides is 3. The lowest BCUT2D eigenvalue weighted by Gasteiger charge is -2.32. The topological polar surface area (TPSA) is 92.3 Å². The van der Waals surface area contributed by atoms with Gasteiger partial charge in [-0.2, -0.15) is 18.3 Å². The minimum absolute atomic E-state index is 0.0247. The van der Waals surface area contributed by atoms with Crippen LogP contribution in [-0.2, 0) is 0 Å². The number of hydrogen-bond donors (Lipinski definition) is 3. The third kappa shape index (κ3) is 3.40. The van der Waals surface area contributed by atoms with Crippen LogP contribution < -0.4 is 10.6 Å². The van der Waals surface area contributed by atoms with Crippen molar-refractivity contribution in [2.45, 2.75) is 24.7 Å². The van der Waals surface area contributed by atoms with E-state index < -0.39 is 24.2 Å². The van der Waals surface area contributed by atoms with E-state index in [9.17, 15) is 23.1 Å². The molecule has 2 atom stereocenters. The predicted molar refractivity (Wildman–Crippen MR) is 93.1 cm³/mol. The number of anilines is 2. The second-order valence-electron chi connectivity index (χ2n) is 6.37. The molecule has 0 radical (unpaired) electrons. The van der Waals surface area contributed by atoms with Crippen LogP contribution in [0.5, 0.6) is 5.75 Å². The number of fused-ring (bicyclic) bond motifs is 1. The number of benzene rings is 1. The Morgan fingerprint density at radius 1 is 1.29 bits per heavy atom. The summed E-state index contributed by atoms with van der Waals surface area (Å²) in [7, 11) is 0. The lowest BCUT2D eigenvalue weighted by Crippen LogP contribution is -2.35. The molecule has 0 bridgehead atoms. The first-order valence-corrected chi connectivity index (χ1v) is 8.38. The summed E-state index contributed by atoms with van der Waals surface area (Å²) in [5.41, 5.74) is 0.215. The number of nitrogens with zero attached hydrogens (tertiary/aromatic N) is 2. The second kappa shape index (κ2) is 6.63. The van der Waals surface area contributed by atoms with E-state index in [1.165, 1.54) is 36.6 Å². The molecule has 0 unspecified atom stereocenters. The van der Waals surface area contributed by atoms with Crippen molar-refractivity contribution in [1.82, 2.24) is 9.78 Å². The fourth-order valence-corrected chi connectivity index (χ4v) is 3.10. The van der Waals surface area contributed by atoms with Crippen molar-refractivity contribution < 1.29 is 27.5 Å². The van der Waals surface area contributed by atoms with Crippen LogP contribution >= 0.6 is 0 Å². The lowest BCUT2D eigenvalue weighted by atomic mass is 10.0. The number of furan rings is 1. The van der Waals surface area contributed by atoms with E-state index in [0.717, 1.165) is 4.68 Å². The summed E-state index contributed by atoms with van der Waals surface area (Å²) >= 11 is 0. The van der Waals surface area contributed by atoms with E-state index in [2.05, 4.69) is 15.7 Å². The average Bonchev–Trinajstić information content (AvgIpc) is 3.31. The van der Waals surface area contributed by atoms with E-state index in [1.54, 1.807) is 12.1 Å². The molecule has 3 aromatic rings. The molecular formula is C18H15F3N4O3. The Labute approximate surface area is 156 Å². The van der Waals surface area contributed by atoms with Crippen LogP contribution in [0.2, 0.25) is 0 Å². The van der Waals surface area contributed by atoms with Crippen molar-refractivity contribution >= 4 is 17.4 Å². The van der Waals surface area contributed by atoms with Crippen LogP contribution in [0.25, 0.3) is 0 Å². The molecule has 1 amide bonds. The van der Waals surface area contributed by atoms with E-state index in [4.69, 9.17) is 4.42 Å². The Morgan fingerprint density at radius 3 is 2.68 bits per heavy atom. The van der Waals surface area contributed by atoms with Gasteiger partial charge in [-0.05, 0) is 36.4 Å². The van der Waals surface area contributed by atoms with Crippen LogP contribution in [0.15, 0.2) is 53.1 Å².